The number of hydrogen-bond donors (Lipinski definition) is 1. The molecule has 2 rings (SSSR count). The third-order valence-electron chi connectivity index (χ3n) is 4.11. The van der Waals surface area contributed by atoms with E-state index in [4.69, 9.17) is 9.47 Å². The first kappa shape index (κ1) is 21.6. The number of para-hydroxylation sites is 2. The fourth-order valence-corrected chi connectivity index (χ4v) is 3.60. The molecule has 152 valence electrons. The molecule has 0 aliphatic heterocycles. The van der Waals surface area contributed by atoms with Gasteiger partial charge in [-0.1, -0.05) is 24.3 Å². The van der Waals surface area contributed by atoms with Gasteiger partial charge in [-0.3, -0.25) is 9.10 Å². The molecule has 7 nitrogen and oxygen atoms in total. The van der Waals surface area contributed by atoms with Crippen LogP contribution in [0.3, 0.4) is 0 Å². The number of nitrogens with zero attached hydrogens (tertiary/aromatic N) is 1. The summed E-state index contributed by atoms with van der Waals surface area (Å²) < 4.78 is 36.2. The molecule has 0 aliphatic rings. The molecule has 0 spiro atoms. The predicted octanol–water partition coefficient (Wildman–Crippen LogP) is 2.74. The van der Waals surface area contributed by atoms with Gasteiger partial charge < -0.3 is 14.8 Å². The van der Waals surface area contributed by atoms with Crippen molar-refractivity contribution in [2.45, 2.75) is 19.9 Å². The van der Waals surface area contributed by atoms with Gasteiger partial charge in [0.2, 0.25) is 15.9 Å². The van der Waals surface area contributed by atoms with E-state index in [-0.39, 0.29) is 12.6 Å². The fourth-order valence-electron chi connectivity index (χ4n) is 2.74. The van der Waals surface area contributed by atoms with Crippen LogP contribution in [0.15, 0.2) is 48.5 Å². The Balaban J connectivity index is 2.13. The molecule has 0 aromatic heterocycles. The maximum atomic E-state index is 12.5. The third-order valence-corrected chi connectivity index (χ3v) is 5.24. The summed E-state index contributed by atoms with van der Waals surface area (Å²) in [6, 6.07) is 13.8. The number of benzene rings is 2. The maximum absolute atomic E-state index is 12.5. The normalized spacial score (nSPS) is 12.1. The van der Waals surface area contributed by atoms with Crippen molar-refractivity contribution in [2.75, 3.05) is 30.8 Å². The minimum atomic E-state index is -3.68. The van der Waals surface area contributed by atoms with Gasteiger partial charge in [-0.05, 0) is 43.7 Å². The zero-order valence-corrected chi connectivity index (χ0v) is 17.3. The van der Waals surface area contributed by atoms with Crippen LogP contribution in [-0.2, 0) is 14.8 Å². The lowest BCUT2D eigenvalue weighted by Gasteiger charge is -2.24. The minimum Gasteiger partial charge on any atom is -0.495 e. The van der Waals surface area contributed by atoms with Gasteiger partial charge >= 0.3 is 0 Å². The molecule has 1 N–H and O–H groups in total. The highest BCUT2D eigenvalue weighted by molar-refractivity contribution is 7.92. The van der Waals surface area contributed by atoms with Crippen molar-refractivity contribution in [2.24, 2.45) is 0 Å². The maximum Gasteiger partial charge on any atom is 0.241 e. The predicted molar refractivity (Wildman–Crippen MR) is 109 cm³/mol. The second-order valence-electron chi connectivity index (χ2n) is 6.23. The summed E-state index contributed by atoms with van der Waals surface area (Å²) in [5, 5.41) is 2.83. The van der Waals surface area contributed by atoms with Crippen LogP contribution < -0.4 is 19.1 Å². The van der Waals surface area contributed by atoms with E-state index in [1.54, 1.807) is 24.3 Å². The standard InChI is InChI=1S/C20H26N2O5S/c1-5-27-17-12-10-16(11-13-17)15(2)21-20(23)14-22(28(4,24)25)18-8-6-7-9-19(18)26-3/h6-13,15H,5,14H2,1-4H3,(H,21,23)/t15-/m0/s1. The van der Waals surface area contributed by atoms with E-state index in [0.717, 1.165) is 21.9 Å². The summed E-state index contributed by atoms with van der Waals surface area (Å²) in [5.41, 5.74) is 1.20. The monoisotopic (exact) mass is 406 g/mol. The van der Waals surface area contributed by atoms with E-state index >= 15 is 0 Å². The number of rotatable bonds is 9. The molecule has 0 saturated carbocycles. The van der Waals surface area contributed by atoms with Crippen LogP contribution in [0.1, 0.15) is 25.5 Å². The van der Waals surface area contributed by atoms with Gasteiger partial charge in [0.1, 0.15) is 18.0 Å². The van der Waals surface area contributed by atoms with Crippen molar-refractivity contribution in [1.29, 1.82) is 0 Å². The molecular weight excluding hydrogens is 380 g/mol. The Morgan fingerprint density at radius 1 is 1.14 bits per heavy atom. The molecule has 0 aliphatic carbocycles. The van der Waals surface area contributed by atoms with E-state index in [1.807, 2.05) is 38.1 Å². The molecule has 1 atom stereocenters. The Labute approximate surface area is 166 Å². The number of amides is 1. The number of ether oxygens (including phenoxy) is 2. The van der Waals surface area contributed by atoms with Crippen LogP contribution in [0.2, 0.25) is 0 Å². The summed E-state index contributed by atoms with van der Waals surface area (Å²) in [6.07, 6.45) is 1.06. The van der Waals surface area contributed by atoms with Crippen molar-refractivity contribution in [3.05, 3.63) is 54.1 Å². The molecule has 0 unspecified atom stereocenters. The van der Waals surface area contributed by atoms with Crippen LogP contribution in [0.5, 0.6) is 11.5 Å². The zero-order chi connectivity index (χ0) is 20.7. The second-order valence-corrected chi connectivity index (χ2v) is 8.14. The van der Waals surface area contributed by atoms with Gasteiger partial charge in [0.25, 0.3) is 0 Å². The molecular formula is C20H26N2O5S. The molecule has 0 bridgehead atoms. The lowest BCUT2D eigenvalue weighted by atomic mass is 10.1. The Hall–Kier alpha value is -2.74. The van der Waals surface area contributed by atoms with Gasteiger partial charge in [-0.2, -0.15) is 0 Å². The van der Waals surface area contributed by atoms with E-state index in [0.29, 0.717) is 18.0 Å². The first-order chi connectivity index (χ1) is 13.3. The van der Waals surface area contributed by atoms with Gasteiger partial charge in [-0.25, -0.2) is 8.42 Å². The topological polar surface area (TPSA) is 84.9 Å². The molecule has 2 aromatic rings. The highest BCUT2D eigenvalue weighted by Crippen LogP contribution is 2.29. The van der Waals surface area contributed by atoms with Crippen molar-refractivity contribution < 1.29 is 22.7 Å². The van der Waals surface area contributed by atoms with Crippen molar-refractivity contribution in [1.82, 2.24) is 5.32 Å². The number of carbonyl (C=O) groups is 1. The van der Waals surface area contributed by atoms with Gasteiger partial charge in [0.05, 0.1) is 31.7 Å². The summed E-state index contributed by atoms with van der Waals surface area (Å²) in [5.74, 6) is 0.710. The lowest BCUT2D eigenvalue weighted by molar-refractivity contribution is -0.120. The summed E-state index contributed by atoms with van der Waals surface area (Å²) in [7, 11) is -2.23. The zero-order valence-electron chi connectivity index (χ0n) is 16.5. The van der Waals surface area contributed by atoms with Crippen LogP contribution in [0, 0.1) is 0 Å². The molecule has 0 fully saturated rings. The molecule has 1 amide bonds. The average molecular weight is 407 g/mol. The fraction of sp³-hybridized carbons (Fsp3) is 0.350. The Bertz CT molecular complexity index is 897. The third kappa shape index (κ3) is 5.63. The molecule has 0 saturated heterocycles. The number of anilines is 1. The van der Waals surface area contributed by atoms with Crippen molar-refractivity contribution in [3.8, 4) is 11.5 Å². The van der Waals surface area contributed by atoms with E-state index in [2.05, 4.69) is 5.32 Å². The van der Waals surface area contributed by atoms with E-state index in [9.17, 15) is 13.2 Å². The number of nitrogens with one attached hydrogen (secondary N) is 1. The number of carbonyl (C=O) groups excluding carboxylic acids is 1. The quantitative estimate of drug-likeness (QED) is 0.692. The minimum absolute atomic E-state index is 0.290. The van der Waals surface area contributed by atoms with Crippen LogP contribution >= 0.6 is 0 Å². The lowest BCUT2D eigenvalue weighted by Crippen LogP contribution is -2.41. The second kappa shape index (κ2) is 9.45. The highest BCUT2D eigenvalue weighted by atomic mass is 32.2. The summed E-state index contributed by atoms with van der Waals surface area (Å²) in [6.45, 7) is 3.98. The molecule has 8 heteroatoms. The Kier molecular flexibility index (Phi) is 7.28. The molecule has 2 aromatic carbocycles. The van der Waals surface area contributed by atoms with Gasteiger partial charge in [0.15, 0.2) is 0 Å². The number of hydrogen-bond acceptors (Lipinski definition) is 5. The Morgan fingerprint density at radius 3 is 2.36 bits per heavy atom. The van der Waals surface area contributed by atoms with E-state index < -0.39 is 15.9 Å². The number of sulfonamides is 1. The average Bonchev–Trinajstić information content (AvgIpc) is 2.66. The van der Waals surface area contributed by atoms with Crippen LogP contribution in [0.25, 0.3) is 0 Å². The first-order valence-electron chi connectivity index (χ1n) is 8.89. The number of methoxy groups -OCH3 is 1. The smallest absolute Gasteiger partial charge is 0.241 e. The highest BCUT2D eigenvalue weighted by Gasteiger charge is 2.24. The van der Waals surface area contributed by atoms with E-state index in [1.165, 1.54) is 7.11 Å². The van der Waals surface area contributed by atoms with Gasteiger partial charge in [-0.15, -0.1) is 0 Å². The van der Waals surface area contributed by atoms with Gasteiger partial charge in [0, 0.05) is 0 Å². The molecule has 0 radical (unpaired) electrons. The van der Waals surface area contributed by atoms with Crippen molar-refractivity contribution in [3.63, 3.8) is 0 Å². The molecule has 0 heterocycles. The SMILES string of the molecule is CCOc1ccc([C@H](C)NC(=O)CN(c2ccccc2OC)S(C)(=O)=O)cc1. The van der Waals surface area contributed by atoms with Crippen LogP contribution in [-0.4, -0.2) is 40.8 Å². The summed E-state index contributed by atoms with van der Waals surface area (Å²) in [4.78, 5) is 12.5. The summed E-state index contributed by atoms with van der Waals surface area (Å²) >= 11 is 0. The Morgan fingerprint density at radius 2 is 1.79 bits per heavy atom. The van der Waals surface area contributed by atoms with Crippen molar-refractivity contribution >= 4 is 21.6 Å². The van der Waals surface area contributed by atoms with Crippen LogP contribution in [0.4, 0.5) is 5.69 Å². The largest absolute Gasteiger partial charge is 0.495 e. The molecule has 28 heavy (non-hydrogen) atoms. The first-order valence-corrected chi connectivity index (χ1v) is 10.7.